The van der Waals surface area contributed by atoms with Crippen LogP contribution in [-0.4, -0.2) is 56.2 Å². The van der Waals surface area contributed by atoms with E-state index in [2.05, 4.69) is 0 Å². The molecule has 9 nitrogen and oxygen atoms in total. The van der Waals surface area contributed by atoms with E-state index in [1.165, 1.54) is 21.5 Å². The Morgan fingerprint density at radius 2 is 1.79 bits per heavy atom. The van der Waals surface area contributed by atoms with Crippen LogP contribution in [0.5, 0.6) is 5.95 Å². The van der Waals surface area contributed by atoms with Crippen molar-refractivity contribution in [2.24, 2.45) is 0 Å². The van der Waals surface area contributed by atoms with Crippen LogP contribution in [0.25, 0.3) is 0 Å². The Balaban J connectivity index is 1.84. The maximum atomic E-state index is 12.6. The van der Waals surface area contributed by atoms with Crippen LogP contribution in [0.1, 0.15) is 10.4 Å². The molecule has 0 spiro atoms. The summed E-state index contributed by atoms with van der Waals surface area (Å²) in [6.45, 7) is 1.30. The molecule has 1 aromatic heterocycles. The highest BCUT2D eigenvalue weighted by molar-refractivity contribution is 7.88. The van der Waals surface area contributed by atoms with Gasteiger partial charge >= 0.3 is 18.1 Å². The van der Waals surface area contributed by atoms with E-state index in [0.29, 0.717) is 18.7 Å². The van der Waals surface area contributed by atoms with Gasteiger partial charge in [0.15, 0.2) is 17.9 Å². The third-order valence-electron chi connectivity index (χ3n) is 3.76. The molecule has 3 rings (SSSR count). The van der Waals surface area contributed by atoms with E-state index in [1.807, 2.05) is 0 Å². The second-order valence-electron chi connectivity index (χ2n) is 5.44. The van der Waals surface area contributed by atoms with Gasteiger partial charge in [0.25, 0.3) is 0 Å². The number of carbonyl (C=O) groups excluding carboxylic acids is 1. The minimum atomic E-state index is -3.24. The number of aromatic hydroxyl groups is 1. The summed E-state index contributed by atoms with van der Waals surface area (Å²) in [5, 5.41) is 11.4. The van der Waals surface area contributed by atoms with Crippen LogP contribution in [0, 0.1) is 0 Å². The van der Waals surface area contributed by atoms with E-state index in [-0.39, 0.29) is 13.1 Å². The SMILES string of the molecule is CS(=O)(=O)N1CCN([n+]2cc(O)o[n+]2C(=O)c2ccccc2)CC1. The molecule has 0 amide bonds. The van der Waals surface area contributed by atoms with Crippen molar-refractivity contribution in [2.75, 3.05) is 37.4 Å². The van der Waals surface area contributed by atoms with Crippen LogP contribution < -0.4 is 14.7 Å². The van der Waals surface area contributed by atoms with E-state index < -0.39 is 21.9 Å². The van der Waals surface area contributed by atoms with Crippen LogP contribution >= 0.6 is 0 Å². The van der Waals surface area contributed by atoms with E-state index in [1.54, 1.807) is 35.3 Å². The highest BCUT2D eigenvalue weighted by Gasteiger charge is 2.41. The maximum absolute atomic E-state index is 12.6. The lowest BCUT2D eigenvalue weighted by Gasteiger charge is -2.24. The molecule has 0 bridgehead atoms. The molecule has 10 heteroatoms. The highest BCUT2D eigenvalue weighted by Crippen LogP contribution is 2.05. The Hall–Kier alpha value is -2.46. The van der Waals surface area contributed by atoms with Gasteiger partial charge < -0.3 is 5.11 Å². The van der Waals surface area contributed by atoms with Crippen molar-refractivity contribution < 1.29 is 32.5 Å². The van der Waals surface area contributed by atoms with Crippen molar-refractivity contribution in [3.05, 3.63) is 42.1 Å². The molecule has 1 aliphatic rings. The Labute approximate surface area is 138 Å². The zero-order chi connectivity index (χ0) is 17.3. The molecule has 24 heavy (non-hydrogen) atoms. The van der Waals surface area contributed by atoms with Gasteiger partial charge in [0.1, 0.15) is 0 Å². The third kappa shape index (κ3) is 3.24. The van der Waals surface area contributed by atoms with Gasteiger partial charge in [0.2, 0.25) is 14.9 Å². The lowest BCUT2D eigenvalue weighted by molar-refractivity contribution is -1.26. The monoisotopic (exact) mass is 354 g/mol. The van der Waals surface area contributed by atoms with Gasteiger partial charge in [-0.2, -0.15) is 8.83 Å². The van der Waals surface area contributed by atoms with E-state index in [9.17, 15) is 18.3 Å². The molecule has 0 aliphatic carbocycles. The lowest BCUT2D eigenvalue weighted by atomic mass is 10.2. The molecule has 0 atom stereocenters. The zero-order valence-corrected chi connectivity index (χ0v) is 13.9. The fourth-order valence-corrected chi connectivity index (χ4v) is 3.37. The van der Waals surface area contributed by atoms with E-state index in [4.69, 9.17) is 4.52 Å². The van der Waals surface area contributed by atoms with Crippen molar-refractivity contribution in [3.8, 4) is 5.95 Å². The molecule has 0 unspecified atom stereocenters. The van der Waals surface area contributed by atoms with Crippen molar-refractivity contribution in [2.45, 2.75) is 0 Å². The van der Waals surface area contributed by atoms with Gasteiger partial charge in [-0.1, -0.05) is 18.2 Å². The largest absolute Gasteiger partial charge is 0.473 e. The molecular formula is C14H18N4O5S+2. The van der Waals surface area contributed by atoms with Crippen LogP contribution in [0.15, 0.2) is 41.1 Å². The topological polar surface area (TPSA) is 98.8 Å². The summed E-state index contributed by atoms with van der Waals surface area (Å²) < 4.78 is 29.6. The summed E-state index contributed by atoms with van der Waals surface area (Å²) >= 11 is 0. The molecule has 1 aliphatic heterocycles. The van der Waals surface area contributed by atoms with E-state index in [0.717, 1.165) is 4.85 Å². The van der Waals surface area contributed by atoms with Gasteiger partial charge in [0.05, 0.1) is 24.9 Å². The number of hydrogen-bond acceptors (Lipinski definition) is 6. The van der Waals surface area contributed by atoms with Gasteiger partial charge in [-0.25, -0.2) is 13.2 Å². The number of aromatic nitrogens is 2. The first-order valence-corrected chi connectivity index (χ1v) is 9.18. The predicted octanol–water partition coefficient (Wildman–Crippen LogP) is -1.54. The van der Waals surface area contributed by atoms with Gasteiger partial charge in [-0.15, -0.1) is 0 Å². The van der Waals surface area contributed by atoms with Crippen molar-refractivity contribution in [1.29, 1.82) is 0 Å². The number of carbonyl (C=O) groups is 1. The average molecular weight is 354 g/mol. The molecule has 0 radical (unpaired) electrons. The molecule has 128 valence electrons. The first kappa shape index (κ1) is 16.4. The van der Waals surface area contributed by atoms with Gasteiger partial charge in [0, 0.05) is 0 Å². The molecular weight excluding hydrogens is 336 g/mol. The van der Waals surface area contributed by atoms with Gasteiger partial charge in [-0.3, -0.25) is 0 Å². The maximum Gasteiger partial charge on any atom is 0.448 e. The number of rotatable bonds is 3. The number of benzene rings is 1. The second-order valence-corrected chi connectivity index (χ2v) is 7.42. The smallest absolute Gasteiger partial charge is 0.448 e. The van der Waals surface area contributed by atoms with Crippen molar-refractivity contribution in [1.82, 2.24) is 4.31 Å². The van der Waals surface area contributed by atoms with Gasteiger partial charge in [-0.05, 0) is 17.1 Å². The Morgan fingerprint density at radius 3 is 2.38 bits per heavy atom. The summed E-state index contributed by atoms with van der Waals surface area (Å²) in [5.41, 5.74) is 0.403. The normalized spacial score (nSPS) is 16.3. The third-order valence-corrected chi connectivity index (χ3v) is 5.06. The summed E-state index contributed by atoms with van der Waals surface area (Å²) in [5.74, 6) is -0.855. The number of piperazine rings is 1. The summed E-state index contributed by atoms with van der Waals surface area (Å²) in [7, 11) is -3.24. The molecule has 1 saturated heterocycles. The standard InChI is InChI=1S/C14H17N4O5S/c1-24(21,22)16-9-7-15(8-10-16)17-11-13(19)23-18(17)14(20)12-5-3-2-4-6-12/h2-6,11H,7-10H2,1H3/q+1/p+1. The quantitative estimate of drug-likeness (QED) is 0.671. The lowest BCUT2D eigenvalue weighted by Crippen LogP contribution is -2.80. The van der Waals surface area contributed by atoms with Crippen LogP contribution in [0.3, 0.4) is 0 Å². The summed E-state index contributed by atoms with van der Waals surface area (Å²) in [4.78, 5) is 14.9. The van der Waals surface area contributed by atoms with Crippen molar-refractivity contribution >= 4 is 15.9 Å². The zero-order valence-electron chi connectivity index (χ0n) is 13.1. The minimum Gasteiger partial charge on any atom is -0.473 e. The summed E-state index contributed by atoms with van der Waals surface area (Å²) in [6.07, 6.45) is 2.44. The number of sulfonamides is 1. The highest BCUT2D eigenvalue weighted by atomic mass is 32.2. The molecule has 1 N–H and O–H groups in total. The average Bonchev–Trinajstić information content (AvgIpc) is 2.96. The minimum absolute atomic E-state index is 0.289. The molecule has 1 fully saturated rings. The summed E-state index contributed by atoms with van der Waals surface area (Å²) in [6, 6.07) is 8.53. The molecule has 0 saturated carbocycles. The molecule has 1 aromatic carbocycles. The number of hydrogen-bond donors (Lipinski definition) is 1. The fourth-order valence-electron chi connectivity index (χ4n) is 2.54. The Bertz CT molecular complexity index is 841. The fraction of sp³-hybridized carbons (Fsp3) is 0.357. The van der Waals surface area contributed by atoms with Crippen LogP contribution in [-0.2, 0) is 10.0 Å². The van der Waals surface area contributed by atoms with Crippen molar-refractivity contribution in [3.63, 3.8) is 0 Å². The van der Waals surface area contributed by atoms with Crippen LogP contribution in [0.2, 0.25) is 0 Å². The second kappa shape index (κ2) is 6.21. The Kier molecular flexibility index (Phi) is 4.24. The molecule has 2 heterocycles. The Morgan fingerprint density at radius 1 is 1.17 bits per heavy atom. The number of nitrogens with zero attached hydrogens (tertiary/aromatic N) is 4. The molecule has 2 aromatic rings. The van der Waals surface area contributed by atoms with Crippen LogP contribution in [0.4, 0.5) is 0 Å². The predicted molar refractivity (Wildman–Crippen MR) is 81.3 cm³/mol. The van der Waals surface area contributed by atoms with E-state index >= 15 is 0 Å². The first-order chi connectivity index (χ1) is 11.4. The first-order valence-electron chi connectivity index (χ1n) is 7.33.